The number of hydrogen-bond acceptors (Lipinski definition) is 5. The lowest BCUT2D eigenvalue weighted by atomic mass is 10.0. The van der Waals surface area contributed by atoms with E-state index < -0.39 is 41.2 Å². The van der Waals surface area contributed by atoms with Gasteiger partial charge in [0.15, 0.2) is 0 Å². The molecule has 2 heterocycles. The fourth-order valence-electron chi connectivity index (χ4n) is 3.87. The number of anilines is 1. The Balaban J connectivity index is 1.67. The Morgan fingerprint density at radius 3 is 2.17 bits per heavy atom. The molecule has 186 valence electrons. The molecule has 0 saturated carbocycles. The van der Waals surface area contributed by atoms with Gasteiger partial charge < -0.3 is 10.1 Å². The minimum Gasteiger partial charge on any atom is -0.444 e. The van der Waals surface area contributed by atoms with Gasteiger partial charge in [-0.1, -0.05) is 12.1 Å². The van der Waals surface area contributed by atoms with Crippen LogP contribution in [0, 0.1) is 11.6 Å². The number of ether oxygens (including phenoxy) is 1. The zero-order valence-electron chi connectivity index (χ0n) is 19.6. The highest BCUT2D eigenvalue weighted by Gasteiger charge is 2.37. The summed E-state index contributed by atoms with van der Waals surface area (Å²) in [6.45, 7) is 5.11. The number of hydrogen-bond donors (Lipinski definition) is 1. The van der Waals surface area contributed by atoms with Crippen molar-refractivity contribution in [3.05, 3.63) is 93.2 Å². The van der Waals surface area contributed by atoms with Crippen LogP contribution >= 0.6 is 15.9 Å². The Kier molecular flexibility index (Phi) is 6.90. The third kappa shape index (κ3) is 5.43. The second kappa shape index (κ2) is 9.77. The van der Waals surface area contributed by atoms with E-state index in [0.29, 0.717) is 21.3 Å². The predicted molar refractivity (Wildman–Crippen MR) is 132 cm³/mol. The summed E-state index contributed by atoms with van der Waals surface area (Å²) in [7, 11) is 0. The van der Waals surface area contributed by atoms with Gasteiger partial charge in [0, 0.05) is 10.5 Å². The lowest BCUT2D eigenvalue weighted by Crippen LogP contribution is -2.36. The van der Waals surface area contributed by atoms with Crippen LogP contribution in [0.5, 0.6) is 0 Å². The first-order valence-electron chi connectivity index (χ1n) is 11.0. The number of halogens is 3. The summed E-state index contributed by atoms with van der Waals surface area (Å²) in [5, 5.41) is 2.69. The number of alkyl carbamates (subject to hydrolysis) is 1. The number of aromatic nitrogens is 1. The molecule has 1 atom stereocenters. The maximum Gasteiger partial charge on any atom is 0.408 e. The Morgan fingerprint density at radius 1 is 1.06 bits per heavy atom. The van der Waals surface area contributed by atoms with E-state index in [0.717, 1.165) is 23.1 Å². The molecule has 1 aromatic heterocycles. The van der Waals surface area contributed by atoms with Gasteiger partial charge >= 0.3 is 6.09 Å². The second-order valence-corrected chi connectivity index (χ2v) is 10.1. The van der Waals surface area contributed by atoms with E-state index >= 15 is 0 Å². The molecule has 1 aliphatic rings. The maximum absolute atomic E-state index is 13.8. The van der Waals surface area contributed by atoms with Gasteiger partial charge in [-0.05, 0) is 79.0 Å². The Labute approximate surface area is 214 Å². The van der Waals surface area contributed by atoms with Crippen molar-refractivity contribution in [1.82, 2.24) is 10.3 Å². The molecule has 0 bridgehead atoms. The summed E-state index contributed by atoms with van der Waals surface area (Å²) in [5.41, 5.74) is 0.627. The van der Waals surface area contributed by atoms with Crippen LogP contribution in [-0.2, 0) is 11.2 Å². The molecule has 4 rings (SSSR count). The second-order valence-electron chi connectivity index (χ2n) is 9.23. The van der Waals surface area contributed by atoms with Crippen molar-refractivity contribution in [2.75, 3.05) is 4.90 Å². The van der Waals surface area contributed by atoms with E-state index in [4.69, 9.17) is 4.74 Å². The molecule has 0 radical (unpaired) electrons. The van der Waals surface area contributed by atoms with Gasteiger partial charge in [0.1, 0.15) is 17.2 Å². The maximum atomic E-state index is 13.8. The highest BCUT2D eigenvalue weighted by atomic mass is 79.9. The molecular formula is C26H22BrF2N3O4. The zero-order chi connectivity index (χ0) is 26.2. The van der Waals surface area contributed by atoms with Crippen molar-refractivity contribution >= 4 is 39.5 Å². The fraction of sp³-hybridized carbons (Fsp3) is 0.231. The minimum absolute atomic E-state index is 0.00805. The smallest absolute Gasteiger partial charge is 0.408 e. The van der Waals surface area contributed by atoms with Crippen molar-refractivity contribution in [2.45, 2.75) is 38.8 Å². The highest BCUT2D eigenvalue weighted by molar-refractivity contribution is 9.10. The standard InChI is InChI=1S/C26H22BrF2N3O4/c1-26(2,3)36-25(35)31-21(10-14-8-15(28)11-16(29)9-14)22-20(27)12-17(13-30-22)32-23(33)18-6-4-5-7-19(18)24(32)34/h4-9,11-13,21H,10H2,1-3H3,(H,31,35). The van der Waals surface area contributed by atoms with Crippen LogP contribution in [0.15, 0.2) is 59.2 Å². The topological polar surface area (TPSA) is 88.6 Å². The first-order chi connectivity index (χ1) is 16.9. The average Bonchev–Trinajstić information content (AvgIpc) is 3.01. The summed E-state index contributed by atoms with van der Waals surface area (Å²) < 4.78 is 33.3. The first kappa shape index (κ1) is 25.4. The molecule has 1 unspecified atom stereocenters. The number of nitrogens with zero attached hydrogens (tertiary/aromatic N) is 2. The number of benzene rings is 2. The number of carbonyl (C=O) groups is 3. The van der Waals surface area contributed by atoms with E-state index in [9.17, 15) is 23.2 Å². The van der Waals surface area contributed by atoms with Crippen LogP contribution in [0.1, 0.15) is 58.8 Å². The summed E-state index contributed by atoms with van der Waals surface area (Å²) in [6.07, 6.45) is 0.575. The minimum atomic E-state index is -0.855. The molecular weight excluding hydrogens is 536 g/mol. The van der Waals surface area contributed by atoms with Crippen molar-refractivity contribution in [3.63, 3.8) is 0 Å². The van der Waals surface area contributed by atoms with Gasteiger partial charge in [0.05, 0.1) is 34.7 Å². The molecule has 3 amide bonds. The third-order valence-electron chi connectivity index (χ3n) is 5.29. The molecule has 3 aromatic rings. The Morgan fingerprint density at radius 2 is 1.64 bits per heavy atom. The normalized spacial score (nSPS) is 14.0. The van der Waals surface area contributed by atoms with E-state index in [2.05, 4.69) is 26.2 Å². The Bertz CT molecular complexity index is 1320. The number of amides is 3. The van der Waals surface area contributed by atoms with Crippen molar-refractivity contribution in [1.29, 1.82) is 0 Å². The molecule has 1 N–H and O–H groups in total. The van der Waals surface area contributed by atoms with E-state index in [1.54, 1.807) is 45.0 Å². The average molecular weight is 558 g/mol. The highest BCUT2D eigenvalue weighted by Crippen LogP contribution is 2.33. The number of nitrogens with one attached hydrogen (secondary N) is 1. The first-order valence-corrected chi connectivity index (χ1v) is 11.8. The molecule has 1 aliphatic heterocycles. The van der Waals surface area contributed by atoms with Crippen LogP contribution in [-0.4, -0.2) is 28.5 Å². The summed E-state index contributed by atoms with van der Waals surface area (Å²) in [5.74, 6) is -2.46. The number of pyridine rings is 1. The molecule has 0 fully saturated rings. The summed E-state index contributed by atoms with van der Waals surface area (Å²) in [6, 6.07) is 10.2. The number of fused-ring (bicyclic) bond motifs is 1. The van der Waals surface area contributed by atoms with Gasteiger partial charge in [-0.3, -0.25) is 14.6 Å². The van der Waals surface area contributed by atoms with E-state index in [1.807, 2.05) is 0 Å². The van der Waals surface area contributed by atoms with E-state index in [-0.39, 0.29) is 17.7 Å². The van der Waals surface area contributed by atoms with Crippen LogP contribution < -0.4 is 10.2 Å². The monoisotopic (exact) mass is 557 g/mol. The van der Waals surface area contributed by atoms with Gasteiger partial charge in [-0.25, -0.2) is 18.5 Å². The lowest BCUT2D eigenvalue weighted by molar-refractivity contribution is 0.0501. The summed E-state index contributed by atoms with van der Waals surface area (Å²) in [4.78, 5) is 43.6. The largest absolute Gasteiger partial charge is 0.444 e. The molecule has 0 aliphatic carbocycles. The van der Waals surface area contributed by atoms with Crippen molar-refractivity contribution in [2.24, 2.45) is 0 Å². The molecule has 0 saturated heterocycles. The van der Waals surface area contributed by atoms with Gasteiger partial charge in [0.25, 0.3) is 11.8 Å². The SMILES string of the molecule is CC(C)(C)OC(=O)NC(Cc1cc(F)cc(F)c1)c1ncc(N2C(=O)c3ccccc3C2=O)cc1Br. The number of imide groups is 1. The molecule has 10 heteroatoms. The lowest BCUT2D eigenvalue weighted by Gasteiger charge is -2.24. The van der Waals surface area contributed by atoms with Crippen LogP contribution in [0.3, 0.4) is 0 Å². The zero-order valence-corrected chi connectivity index (χ0v) is 21.2. The summed E-state index contributed by atoms with van der Waals surface area (Å²) >= 11 is 3.41. The quantitative estimate of drug-likeness (QED) is 0.404. The number of rotatable bonds is 5. The van der Waals surface area contributed by atoms with Crippen molar-refractivity contribution in [3.8, 4) is 0 Å². The van der Waals surface area contributed by atoms with Gasteiger partial charge in [0.2, 0.25) is 0 Å². The molecule has 36 heavy (non-hydrogen) atoms. The Hall–Kier alpha value is -3.66. The predicted octanol–water partition coefficient (Wildman–Crippen LogP) is 5.73. The molecule has 2 aromatic carbocycles. The molecule has 7 nitrogen and oxygen atoms in total. The number of carbonyl (C=O) groups excluding carboxylic acids is 3. The fourth-order valence-corrected chi connectivity index (χ4v) is 4.48. The third-order valence-corrected chi connectivity index (χ3v) is 5.93. The molecule has 0 spiro atoms. The van der Waals surface area contributed by atoms with Crippen LogP contribution in [0.25, 0.3) is 0 Å². The van der Waals surface area contributed by atoms with Crippen LogP contribution in [0.2, 0.25) is 0 Å². The van der Waals surface area contributed by atoms with Gasteiger partial charge in [-0.15, -0.1) is 0 Å². The van der Waals surface area contributed by atoms with Crippen LogP contribution in [0.4, 0.5) is 19.3 Å². The van der Waals surface area contributed by atoms with E-state index in [1.165, 1.54) is 12.3 Å². The van der Waals surface area contributed by atoms with Crippen molar-refractivity contribution < 1.29 is 27.9 Å². The van der Waals surface area contributed by atoms with Gasteiger partial charge in [-0.2, -0.15) is 0 Å².